The summed E-state index contributed by atoms with van der Waals surface area (Å²) in [6, 6.07) is 13.4. The lowest BCUT2D eigenvalue weighted by molar-refractivity contribution is -0.137. The predicted octanol–water partition coefficient (Wildman–Crippen LogP) is 5.54. The van der Waals surface area contributed by atoms with E-state index in [1.807, 2.05) is 4.72 Å². The van der Waals surface area contributed by atoms with Crippen LogP contribution in [0.15, 0.2) is 71.6 Å². The van der Waals surface area contributed by atoms with E-state index in [9.17, 15) is 26.4 Å². The minimum Gasteiger partial charge on any atom is -0.496 e. The number of carbonyl (C=O) groups is 1. The van der Waals surface area contributed by atoms with Crippen LogP contribution in [-0.2, 0) is 16.2 Å². The molecule has 3 rings (SSSR count). The maximum Gasteiger partial charge on any atom is 0.417 e. The smallest absolute Gasteiger partial charge is 0.417 e. The SMILES string of the molecule is COc1cc(NC(=O)NS(=O)(=O)c2ccccc2Cl)ccc1-c1ccccc1C(F)(F)F. The summed E-state index contributed by atoms with van der Waals surface area (Å²) < 4.78 is 71.9. The lowest BCUT2D eigenvalue weighted by atomic mass is 9.98. The zero-order valence-electron chi connectivity index (χ0n) is 16.4. The number of hydrogen-bond donors (Lipinski definition) is 2. The van der Waals surface area contributed by atoms with Crippen molar-refractivity contribution in [1.29, 1.82) is 0 Å². The van der Waals surface area contributed by atoms with Gasteiger partial charge in [-0.05, 0) is 35.9 Å². The topological polar surface area (TPSA) is 84.5 Å². The van der Waals surface area contributed by atoms with Crippen molar-refractivity contribution in [3.8, 4) is 16.9 Å². The fourth-order valence-electron chi connectivity index (χ4n) is 2.95. The Balaban J connectivity index is 1.86. The molecule has 6 nitrogen and oxygen atoms in total. The number of rotatable bonds is 5. The Morgan fingerprint density at radius 1 is 0.969 bits per heavy atom. The van der Waals surface area contributed by atoms with Crippen molar-refractivity contribution in [2.45, 2.75) is 11.1 Å². The first-order valence-corrected chi connectivity index (χ1v) is 10.8. The van der Waals surface area contributed by atoms with Crippen LogP contribution in [0.5, 0.6) is 5.75 Å². The number of sulfonamides is 1. The van der Waals surface area contributed by atoms with Gasteiger partial charge < -0.3 is 10.1 Å². The highest BCUT2D eigenvalue weighted by Crippen LogP contribution is 2.41. The number of anilines is 1. The molecule has 0 aliphatic carbocycles. The van der Waals surface area contributed by atoms with E-state index in [-0.39, 0.29) is 32.5 Å². The maximum absolute atomic E-state index is 13.4. The molecule has 0 radical (unpaired) electrons. The quantitative estimate of drug-likeness (QED) is 0.497. The molecular weight excluding hydrogens is 469 g/mol. The molecule has 0 atom stereocenters. The molecule has 0 heterocycles. The molecule has 0 aliphatic rings. The molecule has 0 unspecified atom stereocenters. The van der Waals surface area contributed by atoms with Crippen LogP contribution in [0.1, 0.15) is 5.56 Å². The van der Waals surface area contributed by atoms with Gasteiger partial charge in [0.25, 0.3) is 10.0 Å². The van der Waals surface area contributed by atoms with Crippen molar-refractivity contribution >= 4 is 33.3 Å². The molecule has 2 N–H and O–H groups in total. The van der Waals surface area contributed by atoms with E-state index in [1.54, 1.807) is 0 Å². The third-order valence-corrected chi connectivity index (χ3v) is 6.17. The van der Waals surface area contributed by atoms with Crippen LogP contribution >= 0.6 is 11.6 Å². The van der Waals surface area contributed by atoms with Crippen LogP contribution in [-0.4, -0.2) is 21.6 Å². The number of ether oxygens (including phenoxy) is 1. The average Bonchev–Trinajstić information content (AvgIpc) is 2.72. The molecule has 32 heavy (non-hydrogen) atoms. The summed E-state index contributed by atoms with van der Waals surface area (Å²) in [5.41, 5.74) is -0.700. The van der Waals surface area contributed by atoms with Crippen molar-refractivity contribution in [1.82, 2.24) is 4.72 Å². The molecule has 2 amide bonds. The van der Waals surface area contributed by atoms with Gasteiger partial charge in [0.05, 0.1) is 17.7 Å². The van der Waals surface area contributed by atoms with E-state index in [0.29, 0.717) is 0 Å². The standard InChI is InChI=1S/C21H16ClF3N2O4S/c1-31-18-12-13(10-11-15(18)14-6-2-3-7-16(14)21(23,24)25)26-20(28)27-32(29,30)19-9-5-4-8-17(19)22/h2-12H,1H3,(H2,26,27,28). The fraction of sp³-hybridized carbons (Fsp3) is 0.0952. The average molecular weight is 485 g/mol. The number of nitrogens with one attached hydrogen (secondary N) is 2. The Labute approximate surface area is 187 Å². The second-order valence-electron chi connectivity index (χ2n) is 6.45. The molecule has 0 spiro atoms. The minimum absolute atomic E-state index is 0.0495. The molecule has 0 saturated heterocycles. The van der Waals surface area contributed by atoms with Gasteiger partial charge in [0.1, 0.15) is 10.6 Å². The van der Waals surface area contributed by atoms with E-state index in [4.69, 9.17) is 16.3 Å². The number of methoxy groups -OCH3 is 1. The summed E-state index contributed by atoms with van der Waals surface area (Å²) in [4.78, 5) is 11.9. The van der Waals surface area contributed by atoms with Gasteiger partial charge in [-0.3, -0.25) is 0 Å². The van der Waals surface area contributed by atoms with Crippen LogP contribution < -0.4 is 14.8 Å². The summed E-state index contributed by atoms with van der Waals surface area (Å²) >= 11 is 5.86. The zero-order chi connectivity index (χ0) is 23.5. The number of alkyl halides is 3. The molecule has 11 heteroatoms. The molecule has 168 valence electrons. The number of amides is 2. The van der Waals surface area contributed by atoms with Crippen LogP contribution in [0.25, 0.3) is 11.1 Å². The van der Waals surface area contributed by atoms with E-state index in [1.165, 1.54) is 67.8 Å². The van der Waals surface area contributed by atoms with Crippen molar-refractivity contribution in [2.75, 3.05) is 12.4 Å². The van der Waals surface area contributed by atoms with Gasteiger partial charge in [0, 0.05) is 17.3 Å². The lowest BCUT2D eigenvalue weighted by Gasteiger charge is -2.16. The van der Waals surface area contributed by atoms with E-state index in [2.05, 4.69) is 5.32 Å². The molecule has 0 fully saturated rings. The first-order chi connectivity index (χ1) is 15.0. The van der Waals surface area contributed by atoms with Crippen molar-refractivity contribution in [3.63, 3.8) is 0 Å². The third-order valence-electron chi connectivity index (χ3n) is 4.34. The van der Waals surface area contributed by atoms with E-state index in [0.717, 1.165) is 6.07 Å². The Hall–Kier alpha value is -3.24. The predicted molar refractivity (Wildman–Crippen MR) is 114 cm³/mol. The van der Waals surface area contributed by atoms with E-state index >= 15 is 0 Å². The van der Waals surface area contributed by atoms with Gasteiger partial charge in [-0.1, -0.05) is 41.9 Å². The van der Waals surface area contributed by atoms with Crippen LogP contribution in [0, 0.1) is 0 Å². The monoisotopic (exact) mass is 484 g/mol. The highest BCUT2D eigenvalue weighted by atomic mass is 35.5. The second kappa shape index (κ2) is 9.09. The van der Waals surface area contributed by atoms with E-state index < -0.39 is 27.8 Å². The largest absolute Gasteiger partial charge is 0.496 e. The van der Waals surface area contributed by atoms with Crippen LogP contribution in [0.2, 0.25) is 5.02 Å². The molecule has 3 aromatic rings. The number of hydrogen-bond acceptors (Lipinski definition) is 4. The normalized spacial score (nSPS) is 11.7. The first-order valence-electron chi connectivity index (χ1n) is 8.96. The van der Waals surface area contributed by atoms with Crippen LogP contribution in [0.3, 0.4) is 0 Å². The summed E-state index contributed by atoms with van der Waals surface area (Å²) in [6.07, 6.45) is -4.58. The summed E-state index contributed by atoms with van der Waals surface area (Å²) in [5.74, 6) is 0.0495. The molecular formula is C21H16ClF3N2O4S. The lowest BCUT2D eigenvalue weighted by Crippen LogP contribution is -2.34. The van der Waals surface area contributed by atoms with Gasteiger partial charge in [-0.2, -0.15) is 13.2 Å². The Morgan fingerprint density at radius 2 is 1.62 bits per heavy atom. The van der Waals surface area contributed by atoms with Gasteiger partial charge in [0.15, 0.2) is 0 Å². The molecule has 0 saturated carbocycles. The van der Waals surface area contributed by atoms with Crippen molar-refractivity contribution in [3.05, 3.63) is 77.3 Å². The Kier molecular flexibility index (Phi) is 6.65. The summed E-state index contributed by atoms with van der Waals surface area (Å²) in [6.45, 7) is 0. The maximum atomic E-state index is 13.4. The molecule has 0 aromatic heterocycles. The zero-order valence-corrected chi connectivity index (χ0v) is 18.0. The van der Waals surface area contributed by atoms with Gasteiger partial charge in [-0.25, -0.2) is 17.9 Å². The number of urea groups is 1. The third kappa shape index (κ3) is 5.14. The number of halogens is 4. The number of benzene rings is 3. The summed E-state index contributed by atoms with van der Waals surface area (Å²) in [7, 11) is -2.98. The first kappa shape index (κ1) is 23.4. The minimum atomic E-state index is -4.58. The van der Waals surface area contributed by atoms with Crippen LogP contribution in [0.4, 0.5) is 23.7 Å². The number of carbonyl (C=O) groups excluding carboxylic acids is 1. The van der Waals surface area contributed by atoms with Gasteiger partial charge in [-0.15, -0.1) is 0 Å². The molecule has 0 aliphatic heterocycles. The van der Waals surface area contributed by atoms with Crippen molar-refractivity contribution < 1.29 is 31.1 Å². The fourth-order valence-corrected chi connectivity index (χ4v) is 4.38. The van der Waals surface area contributed by atoms with Gasteiger partial charge >= 0.3 is 12.2 Å². The molecule has 0 bridgehead atoms. The molecule has 3 aromatic carbocycles. The highest BCUT2D eigenvalue weighted by Gasteiger charge is 2.34. The van der Waals surface area contributed by atoms with Gasteiger partial charge in [0.2, 0.25) is 0 Å². The second-order valence-corrected chi connectivity index (χ2v) is 8.51. The van der Waals surface area contributed by atoms with Crippen molar-refractivity contribution in [2.24, 2.45) is 0 Å². The summed E-state index contributed by atoms with van der Waals surface area (Å²) in [5, 5.41) is 2.24. The highest BCUT2D eigenvalue weighted by molar-refractivity contribution is 7.90. The Morgan fingerprint density at radius 3 is 2.28 bits per heavy atom. The Bertz CT molecular complexity index is 1260.